The van der Waals surface area contributed by atoms with E-state index in [4.69, 9.17) is 11.6 Å². The lowest BCUT2D eigenvalue weighted by Crippen LogP contribution is -2.39. The number of hydrogen-bond donors (Lipinski definition) is 1. The van der Waals surface area contributed by atoms with E-state index in [9.17, 15) is 14.4 Å². The highest BCUT2D eigenvalue weighted by molar-refractivity contribution is 6.51. The maximum Gasteiger partial charge on any atom is 0.272 e. The van der Waals surface area contributed by atoms with Gasteiger partial charge in [-0.3, -0.25) is 19.4 Å². The summed E-state index contributed by atoms with van der Waals surface area (Å²) in [4.78, 5) is 41.3. The molecule has 2 unspecified atom stereocenters. The zero-order valence-electron chi connectivity index (χ0n) is 17.6. The fraction of sp³-hybridized carbons (Fsp3) is 0.120. The molecule has 0 bridgehead atoms. The van der Waals surface area contributed by atoms with Crippen LogP contribution in [0.5, 0.6) is 0 Å². The monoisotopic (exact) mass is 458 g/mol. The van der Waals surface area contributed by atoms with Gasteiger partial charge in [-0.05, 0) is 61.0 Å². The van der Waals surface area contributed by atoms with Crippen LogP contribution in [0.25, 0.3) is 0 Å². The first-order chi connectivity index (χ1) is 15.9. The zero-order chi connectivity index (χ0) is 23.1. The molecule has 0 aromatic heterocycles. The third kappa shape index (κ3) is 3.66. The zero-order valence-corrected chi connectivity index (χ0v) is 18.4. The molecule has 0 saturated carbocycles. The minimum atomic E-state index is -1.03. The lowest BCUT2D eigenvalue weighted by molar-refractivity contribution is -0.122. The Morgan fingerprint density at radius 1 is 0.909 bits per heavy atom. The van der Waals surface area contributed by atoms with Gasteiger partial charge in [0.25, 0.3) is 11.8 Å². The van der Waals surface area contributed by atoms with Gasteiger partial charge in [-0.2, -0.15) is 5.10 Å². The lowest BCUT2D eigenvalue weighted by atomic mass is 9.97. The number of halogens is 1. The highest BCUT2D eigenvalue weighted by Crippen LogP contribution is 2.38. The van der Waals surface area contributed by atoms with E-state index in [2.05, 4.69) is 10.4 Å². The van der Waals surface area contributed by atoms with Crippen LogP contribution in [0.15, 0.2) is 84.0 Å². The van der Waals surface area contributed by atoms with Crippen molar-refractivity contribution in [2.75, 3.05) is 15.2 Å². The van der Waals surface area contributed by atoms with Crippen molar-refractivity contribution in [3.8, 4) is 0 Å². The average Bonchev–Trinajstić information content (AvgIpc) is 3.32. The molecular formula is C25H19ClN4O3. The molecule has 0 aliphatic carbocycles. The predicted molar refractivity (Wildman–Crippen MR) is 127 cm³/mol. The maximum atomic E-state index is 13.5. The second-order valence-corrected chi connectivity index (χ2v) is 8.34. The molecule has 2 aliphatic heterocycles. The number of nitrogens with zero attached hydrogens (tertiary/aromatic N) is 3. The molecule has 164 valence electrons. The summed E-state index contributed by atoms with van der Waals surface area (Å²) in [6.45, 7) is 1.92. The Kier molecular flexibility index (Phi) is 5.18. The molecule has 8 heteroatoms. The maximum absolute atomic E-state index is 13.5. The third-order valence-electron chi connectivity index (χ3n) is 5.66. The molecule has 1 fully saturated rings. The van der Waals surface area contributed by atoms with E-state index in [1.807, 2.05) is 31.2 Å². The smallest absolute Gasteiger partial charge is 0.272 e. The van der Waals surface area contributed by atoms with Gasteiger partial charge in [0.05, 0.1) is 11.4 Å². The van der Waals surface area contributed by atoms with Crippen LogP contribution in [0.4, 0.5) is 17.1 Å². The van der Waals surface area contributed by atoms with E-state index in [-0.39, 0.29) is 5.71 Å². The standard InChI is InChI=1S/C25H19ClN4O3/c1-15-6-5-9-19(14-15)30-22-20(21(28-30)23(31)27-17-7-3-2-4-8-17)24(32)29(25(22)33)18-12-10-16(26)11-13-18/h2-14,20,22H,1H3,(H,27,31). The van der Waals surface area contributed by atoms with Crippen LogP contribution in [0.2, 0.25) is 5.02 Å². The quantitative estimate of drug-likeness (QED) is 0.598. The van der Waals surface area contributed by atoms with Crippen LogP contribution >= 0.6 is 11.6 Å². The van der Waals surface area contributed by atoms with Crippen LogP contribution in [-0.4, -0.2) is 29.5 Å². The van der Waals surface area contributed by atoms with Crippen molar-refractivity contribution in [1.29, 1.82) is 0 Å². The van der Waals surface area contributed by atoms with Crippen LogP contribution in [0, 0.1) is 12.8 Å². The Morgan fingerprint density at radius 3 is 2.33 bits per heavy atom. The van der Waals surface area contributed by atoms with Crippen molar-refractivity contribution < 1.29 is 14.4 Å². The summed E-state index contributed by atoms with van der Waals surface area (Å²) < 4.78 is 0. The van der Waals surface area contributed by atoms with E-state index in [0.717, 1.165) is 10.5 Å². The number of anilines is 3. The Hall–Kier alpha value is -3.97. The molecule has 3 aromatic carbocycles. The van der Waals surface area contributed by atoms with E-state index < -0.39 is 29.7 Å². The van der Waals surface area contributed by atoms with Gasteiger partial charge < -0.3 is 5.32 Å². The molecule has 2 atom stereocenters. The highest BCUT2D eigenvalue weighted by Gasteiger charge is 2.58. The van der Waals surface area contributed by atoms with Crippen LogP contribution < -0.4 is 15.2 Å². The van der Waals surface area contributed by atoms with E-state index >= 15 is 0 Å². The number of benzene rings is 3. The molecule has 1 saturated heterocycles. The number of hydrogen-bond acceptors (Lipinski definition) is 5. The van der Waals surface area contributed by atoms with Gasteiger partial charge in [-0.1, -0.05) is 41.9 Å². The highest BCUT2D eigenvalue weighted by atomic mass is 35.5. The first kappa shape index (κ1) is 20.9. The number of fused-ring (bicyclic) bond motifs is 1. The van der Waals surface area contributed by atoms with Gasteiger partial charge in [-0.25, -0.2) is 4.90 Å². The Balaban J connectivity index is 1.56. The Labute approximate surface area is 195 Å². The Morgan fingerprint density at radius 2 is 1.64 bits per heavy atom. The van der Waals surface area contributed by atoms with Gasteiger partial charge in [0.1, 0.15) is 17.7 Å². The second-order valence-electron chi connectivity index (χ2n) is 7.90. The van der Waals surface area contributed by atoms with E-state index in [1.54, 1.807) is 54.6 Å². The van der Waals surface area contributed by atoms with Gasteiger partial charge >= 0.3 is 0 Å². The largest absolute Gasteiger partial charge is 0.321 e. The van der Waals surface area contributed by atoms with Gasteiger partial charge in [0.2, 0.25) is 5.91 Å². The normalized spacial score (nSPS) is 19.5. The number of carbonyl (C=O) groups is 3. The topological polar surface area (TPSA) is 82.1 Å². The summed E-state index contributed by atoms with van der Waals surface area (Å²) >= 11 is 5.98. The van der Waals surface area contributed by atoms with Crippen molar-refractivity contribution in [3.63, 3.8) is 0 Å². The average molecular weight is 459 g/mol. The minimum absolute atomic E-state index is 0.000160. The molecule has 0 radical (unpaired) electrons. The van der Waals surface area contributed by atoms with Crippen molar-refractivity contribution in [2.45, 2.75) is 13.0 Å². The molecule has 5 rings (SSSR count). The summed E-state index contributed by atoms with van der Waals surface area (Å²) in [7, 11) is 0. The van der Waals surface area contributed by atoms with Crippen LogP contribution in [0.3, 0.4) is 0 Å². The lowest BCUT2D eigenvalue weighted by Gasteiger charge is -2.22. The number of para-hydroxylation sites is 1. The third-order valence-corrected chi connectivity index (χ3v) is 5.92. The predicted octanol–water partition coefficient (Wildman–Crippen LogP) is 4.02. The number of amides is 3. The molecule has 2 aliphatic rings. The van der Waals surface area contributed by atoms with E-state index in [1.165, 1.54) is 5.01 Å². The number of nitrogens with one attached hydrogen (secondary N) is 1. The molecule has 0 spiro atoms. The summed E-state index contributed by atoms with van der Waals surface area (Å²) in [5, 5.41) is 9.22. The summed E-state index contributed by atoms with van der Waals surface area (Å²) in [6, 6.07) is 21.8. The SMILES string of the molecule is Cc1cccc(N2N=C(C(=O)Nc3ccccc3)C3C(=O)N(c4ccc(Cl)cc4)C(=O)C32)c1. The first-order valence-corrected chi connectivity index (χ1v) is 10.8. The van der Waals surface area contributed by atoms with Gasteiger partial charge in [-0.15, -0.1) is 0 Å². The molecule has 2 heterocycles. The molecule has 3 amide bonds. The van der Waals surface area contributed by atoms with Gasteiger partial charge in [0.15, 0.2) is 0 Å². The molecular weight excluding hydrogens is 440 g/mol. The van der Waals surface area contributed by atoms with E-state index in [0.29, 0.717) is 22.1 Å². The number of imide groups is 1. The summed E-state index contributed by atoms with van der Waals surface area (Å²) in [5.41, 5.74) is 2.57. The molecule has 3 aromatic rings. The van der Waals surface area contributed by atoms with Crippen LogP contribution in [-0.2, 0) is 14.4 Å². The fourth-order valence-electron chi connectivity index (χ4n) is 4.15. The summed E-state index contributed by atoms with van der Waals surface area (Å²) in [6.07, 6.45) is 0. The minimum Gasteiger partial charge on any atom is -0.321 e. The van der Waals surface area contributed by atoms with Gasteiger partial charge in [0, 0.05) is 10.7 Å². The fourth-order valence-corrected chi connectivity index (χ4v) is 4.27. The molecule has 33 heavy (non-hydrogen) atoms. The number of aryl methyl sites for hydroxylation is 1. The molecule has 1 N–H and O–H groups in total. The number of rotatable bonds is 4. The van der Waals surface area contributed by atoms with Crippen molar-refractivity contribution >= 4 is 52.1 Å². The summed E-state index contributed by atoms with van der Waals surface area (Å²) in [5.74, 6) is -2.49. The second kappa shape index (κ2) is 8.18. The first-order valence-electron chi connectivity index (χ1n) is 10.4. The Bertz CT molecular complexity index is 1290. The van der Waals surface area contributed by atoms with Crippen molar-refractivity contribution in [3.05, 3.63) is 89.4 Å². The number of carbonyl (C=O) groups excluding carboxylic acids is 3. The van der Waals surface area contributed by atoms with Crippen molar-refractivity contribution in [1.82, 2.24) is 0 Å². The number of hydrazone groups is 1. The van der Waals surface area contributed by atoms with Crippen molar-refractivity contribution in [2.24, 2.45) is 11.0 Å². The van der Waals surface area contributed by atoms with Crippen LogP contribution in [0.1, 0.15) is 5.56 Å². The molecule has 7 nitrogen and oxygen atoms in total.